The molecule has 1 aromatic carbocycles. The molecule has 1 aliphatic heterocycles. The predicted octanol–water partition coefficient (Wildman–Crippen LogP) is 0.528. The molecule has 0 spiro atoms. The van der Waals surface area contributed by atoms with Gasteiger partial charge in [0.1, 0.15) is 4.90 Å². The van der Waals surface area contributed by atoms with Crippen LogP contribution in [0.3, 0.4) is 0 Å². The molecule has 0 aromatic heterocycles. The second-order valence-corrected chi connectivity index (χ2v) is 4.91. The van der Waals surface area contributed by atoms with Gasteiger partial charge in [-0.2, -0.15) is 0 Å². The summed E-state index contributed by atoms with van der Waals surface area (Å²) in [5.74, 6) is 0.608. The highest BCUT2D eigenvalue weighted by atomic mass is 32.2. The first-order valence-corrected chi connectivity index (χ1v) is 6.06. The van der Waals surface area contributed by atoms with Crippen molar-refractivity contribution in [3.05, 3.63) is 12.1 Å². The Kier molecular flexibility index (Phi) is 2.58. The molecule has 8 heteroatoms. The number of benzene rings is 1. The number of carbonyl (C=O) groups excluding carboxylic acids is 1. The van der Waals surface area contributed by atoms with E-state index in [1.54, 1.807) is 0 Å². The Hall–Kier alpha value is -1.96. The summed E-state index contributed by atoms with van der Waals surface area (Å²) >= 11 is 0. The lowest BCUT2D eigenvalue weighted by atomic mass is 10.2. The first kappa shape index (κ1) is 11.5. The highest BCUT2D eigenvalue weighted by molar-refractivity contribution is 7.90. The van der Waals surface area contributed by atoms with E-state index >= 15 is 0 Å². The van der Waals surface area contributed by atoms with Gasteiger partial charge in [-0.1, -0.05) is 0 Å². The maximum Gasteiger partial charge on any atom is 0.333 e. The first-order valence-electron chi connectivity index (χ1n) is 4.58. The number of carbonyl (C=O) groups is 1. The summed E-state index contributed by atoms with van der Waals surface area (Å²) in [4.78, 5) is 11.1. The molecular weight excluding hydrogens is 248 g/mol. The number of methoxy groups -OCH3 is 2. The van der Waals surface area contributed by atoms with E-state index in [4.69, 9.17) is 9.47 Å². The number of urea groups is 1. The van der Waals surface area contributed by atoms with Crippen molar-refractivity contribution in [2.75, 3.05) is 19.5 Å². The van der Waals surface area contributed by atoms with E-state index < -0.39 is 16.1 Å². The quantitative estimate of drug-likeness (QED) is 0.807. The lowest BCUT2D eigenvalue weighted by Crippen LogP contribution is -2.39. The van der Waals surface area contributed by atoms with Crippen LogP contribution in [0.1, 0.15) is 0 Å². The molecular formula is C9H10N2O5S. The fraction of sp³-hybridized carbons (Fsp3) is 0.222. The minimum atomic E-state index is -3.85. The predicted molar refractivity (Wildman–Crippen MR) is 58.9 cm³/mol. The lowest BCUT2D eigenvalue weighted by molar-refractivity contribution is 0.256. The van der Waals surface area contributed by atoms with Gasteiger partial charge in [0, 0.05) is 12.1 Å². The van der Waals surface area contributed by atoms with Gasteiger partial charge in [-0.05, 0) is 0 Å². The lowest BCUT2D eigenvalue weighted by Gasteiger charge is -2.20. The van der Waals surface area contributed by atoms with Crippen molar-refractivity contribution in [2.24, 2.45) is 0 Å². The smallest absolute Gasteiger partial charge is 0.333 e. The summed E-state index contributed by atoms with van der Waals surface area (Å²) in [5.41, 5.74) is 0.159. The highest BCUT2D eigenvalue weighted by Gasteiger charge is 2.29. The molecule has 92 valence electrons. The molecule has 0 saturated heterocycles. The third kappa shape index (κ3) is 1.86. The van der Waals surface area contributed by atoms with Crippen LogP contribution in [0.5, 0.6) is 11.5 Å². The molecule has 0 atom stereocenters. The van der Waals surface area contributed by atoms with Crippen molar-refractivity contribution in [2.45, 2.75) is 4.90 Å². The molecule has 0 bridgehead atoms. The van der Waals surface area contributed by atoms with Crippen LogP contribution in [0.4, 0.5) is 10.5 Å². The van der Waals surface area contributed by atoms with E-state index in [0.29, 0.717) is 5.75 Å². The molecule has 2 rings (SSSR count). The summed E-state index contributed by atoms with van der Waals surface area (Å²) in [6.45, 7) is 0. The molecule has 2 N–H and O–H groups in total. The third-order valence-electron chi connectivity index (χ3n) is 2.25. The van der Waals surface area contributed by atoms with Crippen LogP contribution in [-0.2, 0) is 10.0 Å². The molecule has 0 radical (unpaired) electrons. The van der Waals surface area contributed by atoms with Crippen molar-refractivity contribution >= 4 is 21.7 Å². The number of amides is 2. The second-order valence-electron chi connectivity index (χ2n) is 3.26. The van der Waals surface area contributed by atoms with Crippen molar-refractivity contribution in [1.82, 2.24) is 4.72 Å². The first-order chi connectivity index (χ1) is 7.97. The molecule has 0 aliphatic carbocycles. The van der Waals surface area contributed by atoms with E-state index in [-0.39, 0.29) is 16.3 Å². The normalized spacial score (nSPS) is 16.5. The van der Waals surface area contributed by atoms with Crippen LogP contribution in [-0.4, -0.2) is 28.7 Å². The monoisotopic (exact) mass is 258 g/mol. The molecule has 0 saturated carbocycles. The maximum atomic E-state index is 11.7. The van der Waals surface area contributed by atoms with E-state index in [1.165, 1.54) is 26.4 Å². The zero-order chi connectivity index (χ0) is 12.6. The third-order valence-corrected chi connectivity index (χ3v) is 3.62. The van der Waals surface area contributed by atoms with Crippen LogP contribution in [0.2, 0.25) is 0 Å². The summed E-state index contributed by atoms with van der Waals surface area (Å²) in [7, 11) is -1.03. The molecule has 1 heterocycles. The zero-order valence-corrected chi connectivity index (χ0v) is 9.92. The molecule has 0 unspecified atom stereocenters. The Bertz CT molecular complexity index is 581. The fourth-order valence-electron chi connectivity index (χ4n) is 1.51. The number of nitrogens with one attached hydrogen (secondary N) is 2. The number of rotatable bonds is 2. The summed E-state index contributed by atoms with van der Waals surface area (Å²) in [5, 5.41) is 2.38. The summed E-state index contributed by atoms with van der Waals surface area (Å²) in [6.07, 6.45) is 0. The van der Waals surface area contributed by atoms with E-state index in [0.717, 1.165) is 0 Å². The number of hydrogen-bond donors (Lipinski definition) is 2. The highest BCUT2D eigenvalue weighted by Crippen LogP contribution is 2.36. The van der Waals surface area contributed by atoms with Crippen molar-refractivity contribution in [1.29, 1.82) is 0 Å². The molecule has 7 nitrogen and oxygen atoms in total. The van der Waals surface area contributed by atoms with Gasteiger partial charge in [0.25, 0.3) is 10.0 Å². The van der Waals surface area contributed by atoms with Crippen molar-refractivity contribution in [3.63, 3.8) is 0 Å². The zero-order valence-electron chi connectivity index (χ0n) is 9.10. The minimum absolute atomic E-state index is 0.0604. The van der Waals surface area contributed by atoms with Crippen LogP contribution >= 0.6 is 0 Å². The Morgan fingerprint density at radius 1 is 1.12 bits per heavy atom. The molecule has 1 aromatic rings. The largest absolute Gasteiger partial charge is 0.493 e. The van der Waals surface area contributed by atoms with Crippen molar-refractivity contribution < 1.29 is 22.7 Å². The molecule has 2 amide bonds. The van der Waals surface area contributed by atoms with Gasteiger partial charge in [-0.15, -0.1) is 0 Å². The number of anilines is 1. The van der Waals surface area contributed by atoms with Crippen LogP contribution in [0.25, 0.3) is 0 Å². The van der Waals surface area contributed by atoms with Gasteiger partial charge < -0.3 is 14.8 Å². The Labute approximate surface area is 97.8 Å². The molecule has 1 aliphatic rings. The van der Waals surface area contributed by atoms with Crippen LogP contribution < -0.4 is 19.5 Å². The van der Waals surface area contributed by atoms with Gasteiger partial charge >= 0.3 is 6.03 Å². The van der Waals surface area contributed by atoms with Gasteiger partial charge in [-0.25, -0.2) is 17.9 Å². The van der Waals surface area contributed by atoms with E-state index in [1.807, 2.05) is 4.72 Å². The number of hydrogen-bond acceptors (Lipinski definition) is 5. The molecule has 0 fully saturated rings. The van der Waals surface area contributed by atoms with Crippen LogP contribution in [0.15, 0.2) is 17.0 Å². The fourth-order valence-corrected chi connectivity index (χ4v) is 2.57. The average molecular weight is 258 g/mol. The molecule has 17 heavy (non-hydrogen) atoms. The second kappa shape index (κ2) is 3.81. The van der Waals surface area contributed by atoms with E-state index in [9.17, 15) is 13.2 Å². The minimum Gasteiger partial charge on any atom is -0.493 e. The number of fused-ring (bicyclic) bond motifs is 1. The van der Waals surface area contributed by atoms with Crippen LogP contribution in [0, 0.1) is 0 Å². The number of ether oxygens (including phenoxy) is 2. The standard InChI is InChI=1S/C9H10N2O5S/c1-15-6-3-5-8(4-7(6)16-2)17(13,14)11-9(12)10-5/h3-4H,1-2H3,(H2,10,11,12). The number of sulfonamides is 1. The Morgan fingerprint density at radius 2 is 1.71 bits per heavy atom. The van der Waals surface area contributed by atoms with Gasteiger partial charge in [0.15, 0.2) is 11.5 Å². The average Bonchev–Trinajstić information content (AvgIpc) is 2.26. The SMILES string of the molecule is COc1cc2c(cc1OC)S(=O)(=O)NC(=O)N2. The summed E-state index contributed by atoms with van der Waals surface area (Å²) < 4.78 is 35.2. The maximum absolute atomic E-state index is 11.7. The van der Waals surface area contributed by atoms with E-state index in [2.05, 4.69) is 5.32 Å². The Balaban J connectivity index is 2.68. The van der Waals surface area contributed by atoms with Gasteiger partial charge in [0.2, 0.25) is 0 Å². The summed E-state index contributed by atoms with van der Waals surface area (Å²) in [6, 6.07) is 1.88. The van der Waals surface area contributed by atoms with Gasteiger partial charge in [-0.3, -0.25) is 0 Å². The topological polar surface area (TPSA) is 93.7 Å². The van der Waals surface area contributed by atoms with Crippen molar-refractivity contribution in [3.8, 4) is 11.5 Å². The van der Waals surface area contributed by atoms with Gasteiger partial charge in [0.05, 0.1) is 19.9 Å². The Morgan fingerprint density at radius 3 is 2.29 bits per heavy atom.